The van der Waals surface area contributed by atoms with Crippen LogP contribution in [0.4, 0.5) is 14.9 Å². The van der Waals surface area contributed by atoms with Gasteiger partial charge < -0.3 is 4.74 Å². The zero-order valence-corrected chi connectivity index (χ0v) is 21.1. The van der Waals surface area contributed by atoms with E-state index in [9.17, 15) is 9.18 Å². The van der Waals surface area contributed by atoms with E-state index in [0.29, 0.717) is 17.7 Å². The van der Waals surface area contributed by atoms with Gasteiger partial charge in [0.05, 0.1) is 6.04 Å². The summed E-state index contributed by atoms with van der Waals surface area (Å²) in [5, 5.41) is 3.08. The molecule has 0 bridgehead atoms. The van der Waals surface area contributed by atoms with Gasteiger partial charge in [-0.15, -0.1) is 0 Å². The van der Waals surface area contributed by atoms with Crippen LogP contribution in [0.15, 0.2) is 53.5 Å². The highest BCUT2D eigenvalue weighted by molar-refractivity contribution is 6.19. The monoisotopic (exact) mass is 490 g/mol. The molecule has 6 nitrogen and oxygen atoms in total. The molecular formula is C29H35FN4O2. The van der Waals surface area contributed by atoms with Gasteiger partial charge in [-0.1, -0.05) is 25.1 Å². The summed E-state index contributed by atoms with van der Waals surface area (Å²) in [5.41, 5.74) is 1.24. The molecular weight excluding hydrogens is 455 g/mol. The number of benzene rings is 2. The Morgan fingerprint density at radius 3 is 2.67 bits per heavy atom. The van der Waals surface area contributed by atoms with Crippen molar-refractivity contribution in [3.63, 3.8) is 0 Å². The molecule has 1 N–H and O–H groups in total. The Bertz CT molecular complexity index is 1180. The molecule has 2 heterocycles. The number of rotatable bonds is 6. The van der Waals surface area contributed by atoms with Crippen LogP contribution in [0.2, 0.25) is 0 Å². The highest BCUT2D eigenvalue weighted by Gasteiger charge is 2.54. The van der Waals surface area contributed by atoms with E-state index in [1.54, 1.807) is 11.0 Å². The Morgan fingerprint density at radius 2 is 1.97 bits per heavy atom. The fraction of sp³-hybridized carbons (Fsp3) is 0.517. The molecule has 4 fully saturated rings. The van der Waals surface area contributed by atoms with Crippen molar-refractivity contribution in [1.29, 1.82) is 0 Å². The number of nitrogens with zero attached hydrogens (tertiary/aromatic N) is 3. The first-order chi connectivity index (χ1) is 17.4. The Kier molecular flexibility index (Phi) is 5.98. The molecule has 4 aliphatic rings. The van der Waals surface area contributed by atoms with Crippen LogP contribution in [0.1, 0.15) is 57.9 Å². The Morgan fingerprint density at radius 1 is 1.17 bits per heavy atom. The molecule has 2 unspecified atom stereocenters. The molecule has 2 amide bonds. The summed E-state index contributed by atoms with van der Waals surface area (Å²) >= 11 is 0. The van der Waals surface area contributed by atoms with Crippen molar-refractivity contribution in [1.82, 2.24) is 10.2 Å². The summed E-state index contributed by atoms with van der Waals surface area (Å²) in [5.74, 6) is 2.02. The van der Waals surface area contributed by atoms with Crippen LogP contribution in [-0.2, 0) is 6.54 Å². The van der Waals surface area contributed by atoms with Crippen molar-refractivity contribution in [2.45, 2.75) is 82.6 Å². The summed E-state index contributed by atoms with van der Waals surface area (Å²) in [7, 11) is 0. The van der Waals surface area contributed by atoms with Gasteiger partial charge in [0.2, 0.25) is 0 Å². The maximum Gasteiger partial charge on any atom is 0.328 e. The van der Waals surface area contributed by atoms with Crippen LogP contribution in [0.3, 0.4) is 0 Å². The minimum atomic E-state index is -0.580. The number of urea groups is 1. The maximum absolute atomic E-state index is 14.2. The van der Waals surface area contributed by atoms with E-state index in [1.807, 2.05) is 12.1 Å². The highest BCUT2D eigenvalue weighted by Crippen LogP contribution is 2.41. The van der Waals surface area contributed by atoms with Crippen molar-refractivity contribution < 1.29 is 13.9 Å². The van der Waals surface area contributed by atoms with Crippen molar-refractivity contribution in [2.75, 3.05) is 11.4 Å². The van der Waals surface area contributed by atoms with E-state index in [2.05, 4.69) is 42.3 Å². The number of piperidine rings is 1. The number of hydrogen-bond acceptors (Lipinski definition) is 4. The molecule has 7 heteroatoms. The van der Waals surface area contributed by atoms with Crippen molar-refractivity contribution in [2.24, 2.45) is 10.9 Å². The SMILES string of the molecule is CC1CC2(CCN1Cc1cccc(O[C@@H]3C[C@@H]3C)c1)C(=NC1CCC1)NC(=O)N2c1cccc(F)c1. The zero-order chi connectivity index (χ0) is 24.9. The van der Waals surface area contributed by atoms with Gasteiger partial charge in [-0.05, 0) is 87.3 Å². The van der Waals surface area contributed by atoms with Crippen LogP contribution in [0.5, 0.6) is 5.75 Å². The lowest BCUT2D eigenvalue weighted by atomic mass is 9.81. The number of hydrogen-bond donors (Lipinski definition) is 1. The fourth-order valence-corrected chi connectivity index (χ4v) is 5.90. The first-order valence-corrected chi connectivity index (χ1v) is 13.4. The second-order valence-corrected chi connectivity index (χ2v) is 11.1. The van der Waals surface area contributed by atoms with Gasteiger partial charge in [0.25, 0.3) is 0 Å². The number of nitrogens with one attached hydrogen (secondary N) is 1. The number of carbonyl (C=O) groups is 1. The van der Waals surface area contributed by atoms with Crippen molar-refractivity contribution >= 4 is 17.6 Å². The Hall–Kier alpha value is -2.93. The standard InChI is InChI=1S/C29H35FN4O2/c1-19-14-26(19)36-25-11-3-6-21(15-25)18-33-13-12-29(17-20(33)2)27(31-23-8-5-9-23)32-28(35)34(29)24-10-4-7-22(30)16-24/h3-4,6-7,10-11,15-16,19-20,23,26H,5,8-9,12-14,17-18H2,1-2H3,(H,31,32,35)/t19-,20?,26+,29?/m0/s1. The number of ether oxygens (including phenoxy) is 1. The number of aliphatic imine (C=N–C) groups is 1. The van der Waals surface area contributed by atoms with Crippen LogP contribution in [0.25, 0.3) is 0 Å². The van der Waals surface area contributed by atoms with E-state index in [1.165, 1.54) is 24.1 Å². The quantitative estimate of drug-likeness (QED) is 0.580. The second kappa shape index (κ2) is 9.18. The number of anilines is 1. The lowest BCUT2D eigenvalue weighted by Crippen LogP contribution is -2.59. The molecule has 4 atom stereocenters. The molecule has 2 aliphatic heterocycles. The molecule has 2 saturated carbocycles. The average Bonchev–Trinajstić information content (AvgIpc) is 3.44. The second-order valence-electron chi connectivity index (χ2n) is 11.1. The first-order valence-electron chi connectivity index (χ1n) is 13.4. The van der Waals surface area contributed by atoms with Crippen LogP contribution < -0.4 is 15.0 Å². The fourth-order valence-electron chi connectivity index (χ4n) is 5.90. The van der Waals surface area contributed by atoms with Crippen LogP contribution >= 0.6 is 0 Å². The van der Waals surface area contributed by atoms with Gasteiger partial charge in [-0.3, -0.25) is 20.1 Å². The lowest BCUT2D eigenvalue weighted by Gasteiger charge is -2.47. The van der Waals surface area contributed by atoms with Gasteiger partial charge in [0.15, 0.2) is 0 Å². The van der Waals surface area contributed by atoms with Gasteiger partial charge in [-0.2, -0.15) is 0 Å². The average molecular weight is 491 g/mol. The predicted molar refractivity (Wildman–Crippen MR) is 139 cm³/mol. The maximum atomic E-state index is 14.2. The number of amides is 2. The number of halogens is 1. The van der Waals surface area contributed by atoms with E-state index in [4.69, 9.17) is 9.73 Å². The molecule has 2 aromatic rings. The third-order valence-corrected chi connectivity index (χ3v) is 8.43. The van der Waals surface area contributed by atoms with Gasteiger partial charge in [0.1, 0.15) is 29.0 Å². The van der Waals surface area contributed by atoms with E-state index in [0.717, 1.165) is 56.8 Å². The van der Waals surface area contributed by atoms with Crippen molar-refractivity contribution in [3.05, 3.63) is 59.9 Å². The summed E-state index contributed by atoms with van der Waals surface area (Å²) in [6.07, 6.45) is 6.28. The molecule has 2 aromatic carbocycles. The molecule has 1 spiro atoms. The molecule has 36 heavy (non-hydrogen) atoms. The third kappa shape index (κ3) is 4.38. The van der Waals surface area contributed by atoms with Gasteiger partial charge in [0, 0.05) is 24.8 Å². The highest BCUT2D eigenvalue weighted by atomic mass is 19.1. The van der Waals surface area contributed by atoms with Crippen LogP contribution in [-0.4, -0.2) is 47.0 Å². The molecule has 190 valence electrons. The molecule has 0 aromatic heterocycles. The van der Waals surface area contributed by atoms with Gasteiger partial charge in [-0.25, -0.2) is 9.18 Å². The predicted octanol–water partition coefficient (Wildman–Crippen LogP) is 5.52. The number of amidine groups is 1. The normalized spacial score (nSPS) is 31.5. The van der Waals surface area contributed by atoms with Crippen molar-refractivity contribution in [3.8, 4) is 5.75 Å². The van der Waals surface area contributed by atoms with E-state index >= 15 is 0 Å². The topological polar surface area (TPSA) is 57.2 Å². The van der Waals surface area contributed by atoms with E-state index in [-0.39, 0.29) is 23.9 Å². The summed E-state index contributed by atoms with van der Waals surface area (Å²) < 4.78 is 20.3. The molecule has 2 aliphatic carbocycles. The lowest BCUT2D eigenvalue weighted by molar-refractivity contribution is 0.123. The van der Waals surface area contributed by atoms with E-state index < -0.39 is 5.54 Å². The Labute approximate surface area is 212 Å². The summed E-state index contributed by atoms with van der Waals surface area (Å²) in [4.78, 5) is 22.5. The molecule has 0 radical (unpaired) electrons. The third-order valence-electron chi connectivity index (χ3n) is 8.43. The van der Waals surface area contributed by atoms with Gasteiger partial charge >= 0.3 is 6.03 Å². The number of carbonyl (C=O) groups excluding carboxylic acids is 1. The Balaban J connectivity index is 1.24. The summed E-state index contributed by atoms with van der Waals surface area (Å²) in [6.45, 7) is 6.08. The first kappa shape index (κ1) is 23.5. The largest absolute Gasteiger partial charge is 0.490 e. The minimum Gasteiger partial charge on any atom is -0.490 e. The zero-order valence-electron chi connectivity index (χ0n) is 21.1. The number of likely N-dealkylation sites (tertiary alicyclic amines) is 1. The smallest absolute Gasteiger partial charge is 0.328 e. The van der Waals surface area contributed by atoms with Crippen LogP contribution in [0, 0.1) is 11.7 Å². The minimum absolute atomic E-state index is 0.210. The summed E-state index contributed by atoms with van der Waals surface area (Å²) in [6, 6.07) is 15.1. The molecule has 2 saturated heterocycles. The molecule has 6 rings (SSSR count).